The Morgan fingerprint density at radius 3 is 2.38 bits per heavy atom. The molecule has 0 saturated carbocycles. The van der Waals surface area contributed by atoms with Crippen molar-refractivity contribution in [1.82, 2.24) is 9.97 Å². The topological polar surface area (TPSA) is 95.4 Å². The normalized spacial score (nSPS) is 14.2. The first-order chi connectivity index (χ1) is 14.0. The van der Waals surface area contributed by atoms with Crippen LogP contribution in [0.2, 0.25) is 5.02 Å². The van der Waals surface area contributed by atoms with Crippen molar-refractivity contribution in [3.63, 3.8) is 0 Å². The molecule has 3 aromatic rings. The van der Waals surface area contributed by atoms with Gasteiger partial charge in [-0.25, -0.2) is 9.88 Å². The van der Waals surface area contributed by atoms with Crippen LogP contribution in [-0.4, -0.2) is 26.9 Å². The molecule has 0 spiro atoms. The number of piperidine rings is 1. The summed E-state index contributed by atoms with van der Waals surface area (Å²) < 4.78 is 0. The van der Waals surface area contributed by atoms with Gasteiger partial charge in [0.1, 0.15) is 11.6 Å². The van der Waals surface area contributed by atoms with Crippen LogP contribution in [0.1, 0.15) is 19.3 Å². The molecule has 0 unspecified atom stereocenters. The molecule has 146 valence electrons. The number of halogens is 1. The maximum atomic E-state index is 12.4. The molecule has 4 rings (SSSR count). The lowest BCUT2D eigenvalue weighted by Crippen LogP contribution is -2.41. The highest BCUT2D eigenvalue weighted by Gasteiger charge is 2.30. The fourth-order valence-electron chi connectivity index (χ4n) is 3.06. The Hall–Kier alpha value is -3.45. The van der Waals surface area contributed by atoms with Crippen molar-refractivity contribution in [2.75, 3.05) is 10.2 Å². The van der Waals surface area contributed by atoms with Crippen molar-refractivity contribution >= 4 is 40.9 Å². The van der Waals surface area contributed by atoms with Crippen LogP contribution in [0.25, 0.3) is 11.3 Å². The van der Waals surface area contributed by atoms with Crippen LogP contribution in [0.5, 0.6) is 5.75 Å². The van der Waals surface area contributed by atoms with Gasteiger partial charge in [-0.1, -0.05) is 41.9 Å². The van der Waals surface area contributed by atoms with Crippen LogP contribution in [0.3, 0.4) is 0 Å². The second-order valence-corrected chi connectivity index (χ2v) is 6.98. The summed E-state index contributed by atoms with van der Waals surface area (Å²) in [4.78, 5) is 34.6. The molecule has 0 bridgehead atoms. The number of imide groups is 1. The van der Waals surface area contributed by atoms with E-state index < -0.39 is 0 Å². The Bertz CT molecular complexity index is 1070. The number of anilines is 3. The van der Waals surface area contributed by atoms with Gasteiger partial charge in [0, 0.05) is 30.2 Å². The number of nitrogens with one attached hydrogen (secondary N) is 1. The summed E-state index contributed by atoms with van der Waals surface area (Å²) in [5.74, 6) is -0.236. The van der Waals surface area contributed by atoms with Crippen molar-refractivity contribution in [3.05, 3.63) is 59.6 Å². The van der Waals surface area contributed by atoms with Crippen molar-refractivity contribution < 1.29 is 14.7 Å². The first-order valence-corrected chi connectivity index (χ1v) is 9.45. The summed E-state index contributed by atoms with van der Waals surface area (Å²) in [6.45, 7) is 0. The third kappa shape index (κ3) is 4.05. The lowest BCUT2D eigenvalue weighted by Gasteiger charge is -2.23. The molecule has 7 nitrogen and oxygen atoms in total. The fraction of sp³-hybridized carbons (Fsp3) is 0.143. The SMILES string of the molecule is O=C1CCCC(=O)N1c1nc(Nc2ccc(O)c(Cl)c2)cc(-c2ccccc2)n1. The first kappa shape index (κ1) is 18.9. The minimum Gasteiger partial charge on any atom is -0.506 e. The number of rotatable bonds is 4. The van der Waals surface area contributed by atoms with E-state index >= 15 is 0 Å². The van der Waals surface area contributed by atoms with E-state index in [0.717, 1.165) is 10.5 Å². The zero-order valence-corrected chi connectivity index (χ0v) is 16.1. The molecule has 0 aliphatic carbocycles. The monoisotopic (exact) mass is 408 g/mol. The first-order valence-electron chi connectivity index (χ1n) is 9.07. The minimum absolute atomic E-state index is 0.0323. The van der Waals surface area contributed by atoms with E-state index in [2.05, 4.69) is 15.3 Å². The van der Waals surface area contributed by atoms with Gasteiger partial charge in [-0.2, -0.15) is 4.98 Å². The molecule has 1 aliphatic rings. The number of amides is 2. The second-order valence-electron chi connectivity index (χ2n) is 6.57. The van der Waals surface area contributed by atoms with E-state index in [0.29, 0.717) is 23.6 Å². The van der Waals surface area contributed by atoms with Crippen molar-refractivity contribution in [2.45, 2.75) is 19.3 Å². The van der Waals surface area contributed by atoms with Crippen LogP contribution < -0.4 is 10.2 Å². The molecular formula is C21H17ClN4O3. The number of aromatic nitrogens is 2. The van der Waals surface area contributed by atoms with E-state index in [9.17, 15) is 14.7 Å². The van der Waals surface area contributed by atoms with Gasteiger partial charge < -0.3 is 10.4 Å². The molecule has 1 aromatic heterocycles. The summed E-state index contributed by atoms with van der Waals surface area (Å²) in [6, 6.07) is 15.8. The van der Waals surface area contributed by atoms with Gasteiger partial charge >= 0.3 is 0 Å². The largest absolute Gasteiger partial charge is 0.506 e. The summed E-state index contributed by atoms with van der Waals surface area (Å²) >= 11 is 5.98. The Labute approximate surface area is 172 Å². The number of carbonyl (C=O) groups excluding carboxylic acids is 2. The molecule has 2 aromatic carbocycles. The average Bonchev–Trinajstić information content (AvgIpc) is 2.71. The zero-order valence-electron chi connectivity index (χ0n) is 15.3. The number of nitrogens with zero attached hydrogens (tertiary/aromatic N) is 3. The smallest absolute Gasteiger partial charge is 0.241 e. The quantitative estimate of drug-likeness (QED) is 0.494. The van der Waals surface area contributed by atoms with Gasteiger partial charge in [-0.3, -0.25) is 9.59 Å². The van der Waals surface area contributed by atoms with Crippen LogP contribution in [0.15, 0.2) is 54.6 Å². The van der Waals surface area contributed by atoms with Crippen LogP contribution in [0.4, 0.5) is 17.5 Å². The highest BCUT2D eigenvalue weighted by atomic mass is 35.5. The predicted octanol–water partition coefficient (Wildman–Crippen LogP) is 4.29. The third-order valence-electron chi connectivity index (χ3n) is 4.48. The van der Waals surface area contributed by atoms with Crippen LogP contribution in [-0.2, 0) is 9.59 Å². The van der Waals surface area contributed by atoms with E-state index in [-0.39, 0.29) is 41.4 Å². The van der Waals surface area contributed by atoms with Gasteiger partial charge in [0.25, 0.3) is 0 Å². The third-order valence-corrected chi connectivity index (χ3v) is 4.79. The van der Waals surface area contributed by atoms with Crippen molar-refractivity contribution in [1.29, 1.82) is 0 Å². The molecule has 8 heteroatoms. The highest BCUT2D eigenvalue weighted by Crippen LogP contribution is 2.30. The van der Waals surface area contributed by atoms with Gasteiger partial charge in [-0.05, 0) is 24.6 Å². The Morgan fingerprint density at radius 2 is 1.69 bits per heavy atom. The maximum Gasteiger partial charge on any atom is 0.241 e. The molecule has 2 N–H and O–H groups in total. The van der Waals surface area contributed by atoms with Crippen LogP contribution >= 0.6 is 11.6 Å². The molecule has 1 fully saturated rings. The molecule has 2 amide bonds. The Kier molecular flexibility index (Phi) is 5.14. The Balaban J connectivity index is 1.78. The van der Waals surface area contributed by atoms with Gasteiger partial charge in [0.15, 0.2) is 0 Å². The number of carbonyl (C=O) groups is 2. The van der Waals surface area contributed by atoms with E-state index in [1.807, 2.05) is 30.3 Å². The summed E-state index contributed by atoms with van der Waals surface area (Å²) in [5, 5.41) is 12.9. The van der Waals surface area contributed by atoms with Crippen molar-refractivity contribution in [3.8, 4) is 17.0 Å². The van der Waals surface area contributed by atoms with Gasteiger partial charge in [-0.15, -0.1) is 0 Å². The average molecular weight is 409 g/mol. The highest BCUT2D eigenvalue weighted by molar-refractivity contribution is 6.32. The van der Waals surface area contributed by atoms with Crippen LogP contribution in [0, 0.1) is 0 Å². The number of benzene rings is 2. The lowest BCUT2D eigenvalue weighted by atomic mass is 10.1. The van der Waals surface area contributed by atoms with E-state index in [1.54, 1.807) is 18.2 Å². The zero-order chi connectivity index (χ0) is 20.4. The minimum atomic E-state index is -0.315. The number of aromatic hydroxyl groups is 1. The molecular weight excluding hydrogens is 392 g/mol. The second kappa shape index (κ2) is 7.89. The predicted molar refractivity (Wildman–Crippen MR) is 110 cm³/mol. The standard InChI is InChI=1S/C21H17ClN4O3/c22-15-11-14(9-10-17(15)27)23-18-12-16(13-5-2-1-3-6-13)24-21(25-18)26-19(28)7-4-8-20(26)29/h1-3,5-6,9-12,27H,4,7-8H2,(H,23,24,25). The number of phenolic OH excluding ortho intramolecular Hbond substituents is 1. The summed E-state index contributed by atoms with van der Waals surface area (Å²) in [5.41, 5.74) is 1.97. The van der Waals surface area contributed by atoms with Gasteiger partial charge in [0.05, 0.1) is 10.7 Å². The molecule has 0 atom stereocenters. The van der Waals surface area contributed by atoms with Gasteiger partial charge in [0.2, 0.25) is 17.8 Å². The number of hydrogen-bond donors (Lipinski definition) is 2. The van der Waals surface area contributed by atoms with E-state index in [1.165, 1.54) is 6.07 Å². The fourth-order valence-corrected chi connectivity index (χ4v) is 3.25. The Morgan fingerprint density at radius 1 is 0.966 bits per heavy atom. The maximum absolute atomic E-state index is 12.4. The number of phenols is 1. The number of hydrogen-bond acceptors (Lipinski definition) is 6. The van der Waals surface area contributed by atoms with E-state index in [4.69, 9.17) is 11.6 Å². The molecule has 0 radical (unpaired) electrons. The lowest BCUT2D eigenvalue weighted by molar-refractivity contribution is -0.129. The van der Waals surface area contributed by atoms with Crippen molar-refractivity contribution in [2.24, 2.45) is 0 Å². The summed E-state index contributed by atoms with van der Waals surface area (Å²) in [6.07, 6.45) is 1.09. The molecule has 29 heavy (non-hydrogen) atoms. The summed E-state index contributed by atoms with van der Waals surface area (Å²) in [7, 11) is 0. The molecule has 1 saturated heterocycles. The molecule has 1 aliphatic heterocycles. The molecule has 2 heterocycles.